The van der Waals surface area contributed by atoms with E-state index in [9.17, 15) is 0 Å². The average molecular weight is 225 g/mol. The molecule has 76 valence electrons. The predicted molar refractivity (Wildman–Crippen MR) is 58.0 cm³/mol. The molecule has 0 saturated heterocycles. The minimum absolute atomic E-state index is 0. The number of ether oxygens (including phenoxy) is 1. The SMILES string of the molecule is COc1cnccc1CCN.Cl.Cl. The van der Waals surface area contributed by atoms with Gasteiger partial charge in [-0.05, 0) is 24.6 Å². The Labute approximate surface area is 90.5 Å². The molecule has 0 aromatic carbocycles. The maximum absolute atomic E-state index is 5.41. The summed E-state index contributed by atoms with van der Waals surface area (Å²) < 4.78 is 5.08. The van der Waals surface area contributed by atoms with Crippen LogP contribution in [0.5, 0.6) is 5.75 Å². The first kappa shape index (κ1) is 15.0. The largest absolute Gasteiger partial charge is 0.495 e. The van der Waals surface area contributed by atoms with Gasteiger partial charge in [-0.25, -0.2) is 0 Å². The van der Waals surface area contributed by atoms with Crippen molar-refractivity contribution in [2.75, 3.05) is 13.7 Å². The highest BCUT2D eigenvalue weighted by Crippen LogP contribution is 2.15. The van der Waals surface area contributed by atoms with Crippen LogP contribution in [0.4, 0.5) is 0 Å². The summed E-state index contributed by atoms with van der Waals surface area (Å²) in [5, 5.41) is 0. The number of hydrogen-bond donors (Lipinski definition) is 1. The van der Waals surface area contributed by atoms with E-state index in [1.807, 2.05) is 6.07 Å². The van der Waals surface area contributed by atoms with E-state index in [0.29, 0.717) is 6.54 Å². The molecule has 0 aliphatic carbocycles. The summed E-state index contributed by atoms with van der Waals surface area (Å²) in [7, 11) is 1.64. The number of methoxy groups -OCH3 is 1. The van der Waals surface area contributed by atoms with Crippen LogP contribution in [0.2, 0.25) is 0 Å². The Morgan fingerprint density at radius 3 is 2.69 bits per heavy atom. The van der Waals surface area contributed by atoms with Crippen LogP contribution in [0.15, 0.2) is 18.5 Å². The van der Waals surface area contributed by atoms with Gasteiger partial charge in [-0.1, -0.05) is 0 Å². The maximum atomic E-state index is 5.41. The molecule has 0 amide bonds. The summed E-state index contributed by atoms with van der Waals surface area (Å²) in [5.41, 5.74) is 6.52. The van der Waals surface area contributed by atoms with Crippen LogP contribution in [-0.2, 0) is 6.42 Å². The predicted octanol–water partition coefficient (Wildman–Crippen LogP) is 1.43. The Bertz CT molecular complexity index is 233. The van der Waals surface area contributed by atoms with Gasteiger partial charge in [0.1, 0.15) is 5.75 Å². The van der Waals surface area contributed by atoms with Gasteiger partial charge in [-0.15, -0.1) is 24.8 Å². The maximum Gasteiger partial charge on any atom is 0.140 e. The molecule has 0 radical (unpaired) electrons. The molecule has 1 aromatic heterocycles. The third-order valence-corrected chi connectivity index (χ3v) is 1.50. The molecule has 1 aromatic rings. The van der Waals surface area contributed by atoms with Crippen molar-refractivity contribution in [3.63, 3.8) is 0 Å². The molecular weight excluding hydrogens is 211 g/mol. The average Bonchev–Trinajstić information content (AvgIpc) is 2.06. The molecule has 3 nitrogen and oxygen atoms in total. The first-order valence-corrected chi connectivity index (χ1v) is 3.55. The number of pyridine rings is 1. The number of aromatic nitrogens is 1. The zero-order chi connectivity index (χ0) is 8.10. The Kier molecular flexibility index (Phi) is 9.34. The number of nitrogens with two attached hydrogens (primary N) is 1. The summed E-state index contributed by atoms with van der Waals surface area (Å²) in [6.07, 6.45) is 4.28. The second-order valence-electron chi connectivity index (χ2n) is 2.23. The number of rotatable bonds is 3. The molecular formula is C8H14Cl2N2O. The molecule has 1 rings (SSSR count). The smallest absolute Gasteiger partial charge is 0.140 e. The van der Waals surface area contributed by atoms with Crippen molar-refractivity contribution in [1.29, 1.82) is 0 Å². The highest BCUT2D eigenvalue weighted by atomic mass is 35.5. The van der Waals surface area contributed by atoms with Gasteiger partial charge in [0.15, 0.2) is 0 Å². The van der Waals surface area contributed by atoms with Crippen molar-refractivity contribution in [3.8, 4) is 5.75 Å². The molecule has 0 atom stereocenters. The van der Waals surface area contributed by atoms with Crippen molar-refractivity contribution in [1.82, 2.24) is 4.98 Å². The van der Waals surface area contributed by atoms with Gasteiger partial charge < -0.3 is 10.5 Å². The van der Waals surface area contributed by atoms with Crippen molar-refractivity contribution in [3.05, 3.63) is 24.0 Å². The third-order valence-electron chi connectivity index (χ3n) is 1.50. The molecule has 0 saturated carbocycles. The minimum atomic E-state index is 0. The molecule has 5 heteroatoms. The van der Waals surface area contributed by atoms with Crippen LogP contribution in [0.1, 0.15) is 5.56 Å². The van der Waals surface area contributed by atoms with E-state index in [0.717, 1.165) is 17.7 Å². The highest BCUT2D eigenvalue weighted by molar-refractivity contribution is 5.85. The Balaban J connectivity index is 0. The Hall–Kier alpha value is -0.510. The molecule has 0 fully saturated rings. The van der Waals surface area contributed by atoms with Gasteiger partial charge in [-0.2, -0.15) is 0 Å². The molecule has 1 heterocycles. The van der Waals surface area contributed by atoms with Crippen LogP contribution in [0, 0.1) is 0 Å². The number of hydrogen-bond acceptors (Lipinski definition) is 3. The van der Waals surface area contributed by atoms with E-state index in [1.165, 1.54) is 0 Å². The highest BCUT2D eigenvalue weighted by Gasteiger charge is 1.98. The lowest BCUT2D eigenvalue weighted by Gasteiger charge is -2.04. The summed E-state index contributed by atoms with van der Waals surface area (Å²) >= 11 is 0. The van der Waals surface area contributed by atoms with Crippen molar-refractivity contribution < 1.29 is 4.74 Å². The van der Waals surface area contributed by atoms with Crippen LogP contribution >= 0.6 is 24.8 Å². The van der Waals surface area contributed by atoms with E-state index in [1.54, 1.807) is 19.5 Å². The standard InChI is InChI=1S/C8H12N2O.2ClH/c1-11-8-6-10-5-3-7(8)2-4-9;;/h3,5-6H,2,4,9H2,1H3;2*1H. The third kappa shape index (κ3) is 4.31. The van der Waals surface area contributed by atoms with E-state index < -0.39 is 0 Å². The van der Waals surface area contributed by atoms with Crippen LogP contribution in [-0.4, -0.2) is 18.6 Å². The summed E-state index contributed by atoms with van der Waals surface area (Å²) in [6.45, 7) is 0.639. The summed E-state index contributed by atoms with van der Waals surface area (Å²) in [6, 6.07) is 1.92. The van der Waals surface area contributed by atoms with Crippen LogP contribution < -0.4 is 10.5 Å². The van der Waals surface area contributed by atoms with Gasteiger partial charge in [0.2, 0.25) is 0 Å². The lowest BCUT2D eigenvalue weighted by molar-refractivity contribution is 0.408. The fraction of sp³-hybridized carbons (Fsp3) is 0.375. The Morgan fingerprint density at radius 1 is 1.46 bits per heavy atom. The fourth-order valence-corrected chi connectivity index (χ4v) is 0.955. The molecule has 2 N–H and O–H groups in total. The molecule has 0 spiro atoms. The van der Waals surface area contributed by atoms with Crippen LogP contribution in [0.25, 0.3) is 0 Å². The minimum Gasteiger partial charge on any atom is -0.495 e. The molecule has 0 unspecified atom stereocenters. The second kappa shape index (κ2) is 8.10. The zero-order valence-electron chi connectivity index (χ0n) is 7.40. The topological polar surface area (TPSA) is 48.1 Å². The van der Waals surface area contributed by atoms with Crippen molar-refractivity contribution >= 4 is 24.8 Å². The van der Waals surface area contributed by atoms with Gasteiger partial charge >= 0.3 is 0 Å². The lowest BCUT2D eigenvalue weighted by atomic mass is 10.2. The number of nitrogens with zero attached hydrogens (tertiary/aromatic N) is 1. The Morgan fingerprint density at radius 2 is 2.15 bits per heavy atom. The monoisotopic (exact) mass is 224 g/mol. The summed E-state index contributed by atoms with van der Waals surface area (Å²) in [5.74, 6) is 0.818. The summed E-state index contributed by atoms with van der Waals surface area (Å²) in [4.78, 5) is 3.93. The zero-order valence-corrected chi connectivity index (χ0v) is 9.03. The van der Waals surface area contributed by atoms with Gasteiger partial charge in [0.05, 0.1) is 13.3 Å². The van der Waals surface area contributed by atoms with E-state index >= 15 is 0 Å². The molecule has 13 heavy (non-hydrogen) atoms. The van der Waals surface area contributed by atoms with Gasteiger partial charge in [-0.3, -0.25) is 4.98 Å². The van der Waals surface area contributed by atoms with Gasteiger partial charge in [0, 0.05) is 6.20 Å². The first-order chi connectivity index (χ1) is 5.38. The fourth-order valence-electron chi connectivity index (χ4n) is 0.955. The normalized spacial score (nSPS) is 8.15. The molecule has 0 bridgehead atoms. The second-order valence-corrected chi connectivity index (χ2v) is 2.23. The first-order valence-electron chi connectivity index (χ1n) is 3.55. The van der Waals surface area contributed by atoms with Crippen LogP contribution in [0.3, 0.4) is 0 Å². The van der Waals surface area contributed by atoms with E-state index in [2.05, 4.69) is 4.98 Å². The van der Waals surface area contributed by atoms with Crippen molar-refractivity contribution in [2.24, 2.45) is 5.73 Å². The van der Waals surface area contributed by atoms with Gasteiger partial charge in [0.25, 0.3) is 0 Å². The molecule has 0 aliphatic rings. The quantitative estimate of drug-likeness (QED) is 0.846. The number of halogens is 2. The van der Waals surface area contributed by atoms with Crippen molar-refractivity contribution in [2.45, 2.75) is 6.42 Å². The lowest BCUT2D eigenvalue weighted by Crippen LogP contribution is -2.04. The van der Waals surface area contributed by atoms with E-state index in [4.69, 9.17) is 10.5 Å². The molecule has 0 aliphatic heterocycles. The van der Waals surface area contributed by atoms with E-state index in [-0.39, 0.29) is 24.8 Å².